The summed E-state index contributed by atoms with van der Waals surface area (Å²) in [6, 6.07) is 2.01. The number of carbonyl (C=O) groups is 2. The number of nitrogens with one attached hydrogen (secondary N) is 1. The summed E-state index contributed by atoms with van der Waals surface area (Å²) in [5, 5.41) is 13.7. The summed E-state index contributed by atoms with van der Waals surface area (Å²) < 4.78 is 1.04. The van der Waals surface area contributed by atoms with Crippen molar-refractivity contribution in [3.05, 3.63) is 20.8 Å². The van der Waals surface area contributed by atoms with E-state index in [1.165, 1.54) is 0 Å². The molecular weight excluding hydrogens is 330 g/mol. The smallest absolute Gasteiger partial charge is 0.309 e. The first-order valence-electron chi connectivity index (χ1n) is 6.04. The highest BCUT2D eigenvalue weighted by Crippen LogP contribution is 2.21. The second kappa shape index (κ2) is 7.05. The van der Waals surface area contributed by atoms with E-state index in [4.69, 9.17) is 5.11 Å². The van der Waals surface area contributed by atoms with Crippen molar-refractivity contribution in [3.8, 4) is 0 Å². The van der Waals surface area contributed by atoms with E-state index in [1.807, 2.05) is 11.4 Å². The van der Waals surface area contributed by atoms with Crippen LogP contribution < -0.4 is 5.32 Å². The molecule has 1 aromatic rings. The number of hydrogen-bond donors (Lipinski definition) is 2. The number of carboxylic acids is 1. The molecule has 106 valence electrons. The molecule has 0 saturated carbocycles. The van der Waals surface area contributed by atoms with E-state index >= 15 is 0 Å². The minimum atomic E-state index is -0.842. The maximum Gasteiger partial charge on any atom is 0.309 e. The highest BCUT2D eigenvalue weighted by molar-refractivity contribution is 9.10. The highest BCUT2D eigenvalue weighted by Gasteiger charge is 2.26. The maximum absolute atomic E-state index is 11.6. The zero-order valence-electron chi connectivity index (χ0n) is 11.0. The van der Waals surface area contributed by atoms with Crippen LogP contribution in [0.3, 0.4) is 0 Å². The summed E-state index contributed by atoms with van der Waals surface area (Å²) in [5.41, 5.74) is -0.800. The monoisotopic (exact) mass is 347 g/mol. The van der Waals surface area contributed by atoms with Gasteiger partial charge < -0.3 is 10.4 Å². The predicted molar refractivity (Wildman–Crippen MR) is 79.4 cm³/mol. The Morgan fingerprint density at radius 2 is 2.16 bits per heavy atom. The van der Waals surface area contributed by atoms with Gasteiger partial charge in [-0.1, -0.05) is 0 Å². The summed E-state index contributed by atoms with van der Waals surface area (Å²) >= 11 is 4.99. The maximum atomic E-state index is 11.6. The van der Waals surface area contributed by atoms with Crippen LogP contribution in [0.4, 0.5) is 0 Å². The van der Waals surface area contributed by atoms with Crippen molar-refractivity contribution >= 4 is 39.1 Å². The quantitative estimate of drug-likeness (QED) is 0.796. The zero-order chi connectivity index (χ0) is 14.5. The van der Waals surface area contributed by atoms with Gasteiger partial charge in [-0.2, -0.15) is 0 Å². The summed E-state index contributed by atoms with van der Waals surface area (Å²) in [6.07, 6.45) is 1.57. The Labute approximate surface area is 125 Å². The van der Waals surface area contributed by atoms with Crippen LogP contribution in [-0.4, -0.2) is 23.5 Å². The van der Waals surface area contributed by atoms with Crippen molar-refractivity contribution in [1.82, 2.24) is 5.32 Å². The molecule has 0 aromatic carbocycles. The molecule has 0 atom stereocenters. The molecule has 0 saturated heterocycles. The standard InChI is InChI=1S/C13H18BrNO3S/c1-13(2,12(17)18)5-6-15-11(16)4-3-10-7-9(14)8-19-10/h7-8H,3-6H2,1-2H3,(H,15,16)(H,17,18). The molecule has 0 aliphatic heterocycles. The van der Waals surface area contributed by atoms with Crippen LogP contribution in [0.2, 0.25) is 0 Å². The molecule has 0 spiro atoms. The molecule has 4 nitrogen and oxygen atoms in total. The SMILES string of the molecule is CC(C)(CCNC(=O)CCc1cc(Br)cs1)C(=O)O. The van der Waals surface area contributed by atoms with Gasteiger partial charge in [-0.05, 0) is 48.7 Å². The van der Waals surface area contributed by atoms with Crippen molar-refractivity contribution in [3.63, 3.8) is 0 Å². The lowest BCUT2D eigenvalue weighted by molar-refractivity contribution is -0.147. The predicted octanol–water partition coefficient (Wildman–Crippen LogP) is 3.06. The molecular formula is C13H18BrNO3S. The summed E-state index contributed by atoms with van der Waals surface area (Å²) in [5.74, 6) is -0.879. The van der Waals surface area contributed by atoms with E-state index in [-0.39, 0.29) is 5.91 Å². The van der Waals surface area contributed by atoms with Crippen molar-refractivity contribution < 1.29 is 14.7 Å². The third-order valence-corrected chi connectivity index (χ3v) is 4.63. The molecule has 0 fully saturated rings. The number of carbonyl (C=O) groups excluding carboxylic acids is 1. The molecule has 0 bridgehead atoms. The van der Waals surface area contributed by atoms with Crippen molar-refractivity contribution in [2.45, 2.75) is 33.1 Å². The van der Waals surface area contributed by atoms with Gasteiger partial charge in [0.2, 0.25) is 5.91 Å². The van der Waals surface area contributed by atoms with E-state index in [9.17, 15) is 9.59 Å². The van der Waals surface area contributed by atoms with Gasteiger partial charge in [-0.3, -0.25) is 9.59 Å². The van der Waals surface area contributed by atoms with Crippen LogP contribution in [0.5, 0.6) is 0 Å². The van der Waals surface area contributed by atoms with Gasteiger partial charge >= 0.3 is 5.97 Å². The topological polar surface area (TPSA) is 66.4 Å². The number of aryl methyl sites for hydroxylation is 1. The molecule has 0 radical (unpaired) electrons. The van der Waals surface area contributed by atoms with E-state index in [1.54, 1.807) is 25.2 Å². The Balaban J connectivity index is 2.23. The van der Waals surface area contributed by atoms with Crippen LogP contribution in [-0.2, 0) is 16.0 Å². The fourth-order valence-electron chi connectivity index (χ4n) is 1.43. The van der Waals surface area contributed by atoms with Gasteiger partial charge in [-0.15, -0.1) is 11.3 Å². The van der Waals surface area contributed by atoms with Crippen molar-refractivity contribution in [1.29, 1.82) is 0 Å². The fraction of sp³-hybridized carbons (Fsp3) is 0.538. The molecule has 19 heavy (non-hydrogen) atoms. The molecule has 1 heterocycles. The molecule has 2 N–H and O–H groups in total. The Hall–Kier alpha value is -0.880. The second-order valence-electron chi connectivity index (χ2n) is 5.02. The molecule has 6 heteroatoms. The van der Waals surface area contributed by atoms with Gasteiger partial charge in [0.05, 0.1) is 5.41 Å². The number of carboxylic acid groups (broad SMARTS) is 1. The first-order valence-corrected chi connectivity index (χ1v) is 7.71. The average molecular weight is 348 g/mol. The van der Waals surface area contributed by atoms with Gasteiger partial charge in [0.1, 0.15) is 0 Å². The zero-order valence-corrected chi connectivity index (χ0v) is 13.4. The highest BCUT2D eigenvalue weighted by atomic mass is 79.9. The summed E-state index contributed by atoms with van der Waals surface area (Å²) in [4.78, 5) is 23.7. The molecule has 1 aromatic heterocycles. The largest absolute Gasteiger partial charge is 0.481 e. The molecule has 0 aliphatic carbocycles. The lowest BCUT2D eigenvalue weighted by Gasteiger charge is -2.18. The molecule has 1 rings (SSSR count). The Bertz CT molecular complexity index is 456. The number of thiophene rings is 1. The number of rotatable bonds is 7. The number of aliphatic carboxylic acids is 1. The number of hydrogen-bond acceptors (Lipinski definition) is 3. The Kier molecular flexibility index (Phi) is 6.00. The summed E-state index contributed by atoms with van der Waals surface area (Å²) in [7, 11) is 0. The number of amides is 1. The van der Waals surface area contributed by atoms with Crippen LogP contribution in [0, 0.1) is 5.41 Å². The summed E-state index contributed by atoms with van der Waals surface area (Å²) in [6.45, 7) is 3.71. The lowest BCUT2D eigenvalue weighted by Crippen LogP contribution is -2.32. The van der Waals surface area contributed by atoms with E-state index in [0.29, 0.717) is 25.8 Å². The third-order valence-electron chi connectivity index (χ3n) is 2.87. The van der Waals surface area contributed by atoms with Gasteiger partial charge in [-0.25, -0.2) is 0 Å². The Morgan fingerprint density at radius 1 is 1.47 bits per heavy atom. The average Bonchev–Trinajstić information content (AvgIpc) is 2.72. The first-order chi connectivity index (χ1) is 8.81. The van der Waals surface area contributed by atoms with Crippen LogP contribution in [0.1, 0.15) is 31.6 Å². The second-order valence-corrected chi connectivity index (χ2v) is 6.93. The van der Waals surface area contributed by atoms with Crippen molar-refractivity contribution in [2.75, 3.05) is 6.54 Å². The minimum absolute atomic E-state index is 0.0364. The third kappa shape index (κ3) is 5.74. The number of halogens is 1. The Morgan fingerprint density at radius 3 is 2.68 bits per heavy atom. The van der Waals surface area contributed by atoms with Gasteiger partial charge in [0.25, 0.3) is 0 Å². The van der Waals surface area contributed by atoms with E-state index in [2.05, 4.69) is 21.2 Å². The van der Waals surface area contributed by atoms with Gasteiger partial charge in [0.15, 0.2) is 0 Å². The first kappa shape index (κ1) is 16.2. The van der Waals surface area contributed by atoms with Crippen molar-refractivity contribution in [2.24, 2.45) is 5.41 Å². The van der Waals surface area contributed by atoms with Gasteiger partial charge in [0, 0.05) is 27.7 Å². The van der Waals surface area contributed by atoms with E-state index in [0.717, 1.165) is 9.35 Å². The van der Waals surface area contributed by atoms with E-state index < -0.39 is 11.4 Å². The van der Waals surface area contributed by atoms with Crippen LogP contribution in [0.25, 0.3) is 0 Å². The normalized spacial score (nSPS) is 11.3. The van der Waals surface area contributed by atoms with Crippen LogP contribution in [0.15, 0.2) is 15.9 Å². The molecule has 0 aliphatic rings. The van der Waals surface area contributed by atoms with Crippen LogP contribution >= 0.6 is 27.3 Å². The lowest BCUT2D eigenvalue weighted by atomic mass is 9.90. The minimum Gasteiger partial charge on any atom is -0.481 e. The molecule has 0 unspecified atom stereocenters. The molecule has 1 amide bonds. The fourth-order valence-corrected chi connectivity index (χ4v) is 2.89.